The number of pyridine rings is 1. The number of nitrogens with zero attached hydrogens (tertiary/aromatic N) is 3. The number of rotatable bonds is 2. The van der Waals surface area contributed by atoms with E-state index in [0.717, 1.165) is 41.2 Å². The molecule has 27 heavy (non-hydrogen) atoms. The summed E-state index contributed by atoms with van der Waals surface area (Å²) in [6.07, 6.45) is 3.20. The fourth-order valence-electron chi connectivity index (χ4n) is 3.91. The van der Waals surface area contributed by atoms with Crippen molar-refractivity contribution in [2.45, 2.75) is 32.1 Å². The Balaban J connectivity index is 1.99. The molecule has 6 heteroatoms. The van der Waals surface area contributed by atoms with Crippen LogP contribution in [0.15, 0.2) is 45.3 Å². The molecule has 0 atom stereocenters. The van der Waals surface area contributed by atoms with Gasteiger partial charge in [-0.1, -0.05) is 24.6 Å². The highest BCUT2D eigenvalue weighted by atomic mass is 32.1. The molecule has 5 rings (SSSR count). The van der Waals surface area contributed by atoms with E-state index in [-0.39, 0.29) is 22.3 Å². The number of hydrogen-bond acceptors (Lipinski definition) is 4. The molecule has 0 N–H and O–H groups in total. The lowest BCUT2D eigenvalue weighted by atomic mass is 9.84. The summed E-state index contributed by atoms with van der Waals surface area (Å²) >= 11 is 1.52. The van der Waals surface area contributed by atoms with Crippen LogP contribution in [0.4, 0.5) is 0 Å². The summed E-state index contributed by atoms with van der Waals surface area (Å²) in [5, 5.41) is 2.77. The van der Waals surface area contributed by atoms with Crippen molar-refractivity contribution in [1.82, 2.24) is 14.1 Å². The fraction of sp³-hybridized carbons (Fsp3) is 0.286. The molecule has 1 aliphatic rings. The van der Waals surface area contributed by atoms with Crippen molar-refractivity contribution >= 4 is 32.6 Å². The molecule has 1 fully saturated rings. The van der Waals surface area contributed by atoms with Crippen molar-refractivity contribution in [3.05, 3.63) is 67.7 Å². The second-order valence-corrected chi connectivity index (χ2v) is 8.12. The van der Waals surface area contributed by atoms with Crippen LogP contribution < -0.4 is 11.0 Å². The minimum Gasteiger partial charge on any atom is -0.320 e. The first-order chi connectivity index (χ1) is 13.1. The lowest BCUT2D eigenvalue weighted by molar-refractivity contribution is 0.394. The molecular formula is C21H19N3O2S. The Labute approximate surface area is 159 Å². The summed E-state index contributed by atoms with van der Waals surface area (Å²) in [5.41, 5.74) is 1.70. The Bertz CT molecular complexity index is 1310. The molecule has 5 nitrogen and oxygen atoms in total. The maximum atomic E-state index is 13.6. The minimum absolute atomic E-state index is 0.179. The Morgan fingerprint density at radius 3 is 2.52 bits per heavy atom. The fourth-order valence-corrected chi connectivity index (χ4v) is 4.93. The van der Waals surface area contributed by atoms with Crippen LogP contribution in [0, 0.1) is 6.92 Å². The molecule has 0 radical (unpaired) electrons. The molecule has 3 heterocycles. The zero-order chi connectivity index (χ0) is 18.7. The van der Waals surface area contributed by atoms with E-state index in [4.69, 9.17) is 4.98 Å². The van der Waals surface area contributed by atoms with Crippen LogP contribution in [0.5, 0.6) is 0 Å². The third-order valence-corrected chi connectivity index (χ3v) is 6.78. The highest BCUT2D eigenvalue weighted by Gasteiger charge is 2.28. The number of aromatic nitrogens is 3. The average Bonchev–Trinajstić information content (AvgIpc) is 3.01. The van der Waals surface area contributed by atoms with Gasteiger partial charge in [0.1, 0.15) is 16.0 Å². The van der Waals surface area contributed by atoms with E-state index in [1.165, 1.54) is 11.3 Å². The van der Waals surface area contributed by atoms with E-state index >= 15 is 0 Å². The van der Waals surface area contributed by atoms with Gasteiger partial charge in [0.25, 0.3) is 5.56 Å². The number of hydrogen-bond donors (Lipinski definition) is 0. The molecule has 1 saturated carbocycles. The Morgan fingerprint density at radius 2 is 1.85 bits per heavy atom. The van der Waals surface area contributed by atoms with Crippen LogP contribution in [0.2, 0.25) is 0 Å². The van der Waals surface area contributed by atoms with Gasteiger partial charge in [-0.2, -0.15) is 0 Å². The van der Waals surface area contributed by atoms with Crippen molar-refractivity contribution in [1.29, 1.82) is 0 Å². The van der Waals surface area contributed by atoms with Gasteiger partial charge >= 0.3 is 0 Å². The maximum absolute atomic E-state index is 13.6. The zero-order valence-electron chi connectivity index (χ0n) is 15.2. The first-order valence-corrected chi connectivity index (χ1v) is 10.0. The summed E-state index contributed by atoms with van der Waals surface area (Å²) in [7, 11) is 1.89. The van der Waals surface area contributed by atoms with Crippen molar-refractivity contribution < 1.29 is 0 Å². The van der Waals surface area contributed by atoms with E-state index in [1.807, 2.05) is 54.3 Å². The first kappa shape index (κ1) is 16.4. The van der Waals surface area contributed by atoms with Gasteiger partial charge in [-0.15, -0.1) is 11.3 Å². The van der Waals surface area contributed by atoms with E-state index in [2.05, 4.69) is 0 Å². The molecule has 4 aromatic rings. The number of fused-ring (bicyclic) bond motifs is 2. The third kappa shape index (κ3) is 2.26. The number of para-hydroxylation sites is 1. The SMILES string of the molecule is Cc1csc2c1c(=O)c1c(=O)n(-c3ccccc3)c(C3CCC3)nc1n2C. The smallest absolute Gasteiger partial charge is 0.271 e. The first-order valence-electron chi connectivity index (χ1n) is 9.17. The number of benzene rings is 1. The van der Waals surface area contributed by atoms with Gasteiger partial charge in [0.05, 0.1) is 11.1 Å². The van der Waals surface area contributed by atoms with E-state index in [9.17, 15) is 9.59 Å². The molecule has 0 spiro atoms. The molecule has 0 bridgehead atoms. The van der Waals surface area contributed by atoms with Gasteiger partial charge in [-0.05, 0) is 42.8 Å². The molecule has 0 unspecified atom stereocenters. The van der Waals surface area contributed by atoms with Crippen LogP contribution in [0.3, 0.4) is 0 Å². The molecule has 1 aliphatic carbocycles. The van der Waals surface area contributed by atoms with Gasteiger partial charge in [0.15, 0.2) is 5.65 Å². The Hall–Kier alpha value is -2.73. The molecule has 0 amide bonds. The molecule has 3 aromatic heterocycles. The molecular weight excluding hydrogens is 358 g/mol. The van der Waals surface area contributed by atoms with Gasteiger partial charge in [0.2, 0.25) is 5.43 Å². The normalized spacial score (nSPS) is 14.7. The van der Waals surface area contributed by atoms with Crippen molar-refractivity contribution in [3.63, 3.8) is 0 Å². The Morgan fingerprint density at radius 1 is 1.11 bits per heavy atom. The number of aryl methyl sites for hydroxylation is 2. The largest absolute Gasteiger partial charge is 0.320 e. The number of thiophene rings is 1. The lowest BCUT2D eigenvalue weighted by Gasteiger charge is -2.27. The highest BCUT2D eigenvalue weighted by Crippen LogP contribution is 2.36. The second-order valence-electron chi connectivity index (χ2n) is 7.26. The van der Waals surface area contributed by atoms with Gasteiger partial charge in [-0.25, -0.2) is 4.98 Å². The van der Waals surface area contributed by atoms with E-state index < -0.39 is 0 Å². The summed E-state index contributed by atoms with van der Waals surface area (Å²) < 4.78 is 3.56. The monoisotopic (exact) mass is 377 g/mol. The second kappa shape index (κ2) is 5.89. The predicted molar refractivity (Wildman–Crippen MR) is 109 cm³/mol. The van der Waals surface area contributed by atoms with Gasteiger partial charge in [0, 0.05) is 13.0 Å². The highest BCUT2D eigenvalue weighted by molar-refractivity contribution is 7.17. The Kier molecular flexibility index (Phi) is 3.59. The summed E-state index contributed by atoms with van der Waals surface area (Å²) in [6, 6.07) is 9.52. The van der Waals surface area contributed by atoms with E-state index in [0.29, 0.717) is 11.0 Å². The van der Waals surface area contributed by atoms with Crippen molar-refractivity contribution in [3.8, 4) is 5.69 Å². The zero-order valence-corrected chi connectivity index (χ0v) is 16.0. The van der Waals surface area contributed by atoms with Crippen LogP contribution in [-0.4, -0.2) is 14.1 Å². The van der Waals surface area contributed by atoms with E-state index in [1.54, 1.807) is 4.57 Å². The molecule has 0 saturated heterocycles. The third-order valence-electron chi connectivity index (χ3n) is 5.61. The van der Waals surface area contributed by atoms with Crippen LogP contribution in [0.25, 0.3) is 26.9 Å². The standard InChI is InChI=1S/C21H19N3O2S/c1-12-11-27-21-15(12)17(25)16-19(23(21)2)22-18(13-7-6-8-13)24(20(16)26)14-9-4-3-5-10-14/h3-5,9-11,13H,6-8H2,1-2H3. The average molecular weight is 377 g/mol. The minimum atomic E-state index is -0.263. The van der Waals surface area contributed by atoms with Gasteiger partial charge in [-0.3, -0.25) is 14.2 Å². The lowest BCUT2D eigenvalue weighted by Crippen LogP contribution is -2.31. The predicted octanol–water partition coefficient (Wildman–Crippen LogP) is 3.88. The summed E-state index contributed by atoms with van der Waals surface area (Å²) in [4.78, 5) is 32.5. The van der Waals surface area contributed by atoms with Crippen molar-refractivity contribution in [2.75, 3.05) is 0 Å². The maximum Gasteiger partial charge on any atom is 0.271 e. The summed E-state index contributed by atoms with van der Waals surface area (Å²) in [5.74, 6) is 1.03. The van der Waals surface area contributed by atoms with Crippen LogP contribution in [0.1, 0.15) is 36.6 Å². The quantitative estimate of drug-likeness (QED) is 0.533. The van der Waals surface area contributed by atoms with Crippen molar-refractivity contribution in [2.24, 2.45) is 7.05 Å². The van der Waals surface area contributed by atoms with Crippen LogP contribution in [-0.2, 0) is 7.05 Å². The topological polar surface area (TPSA) is 56.9 Å². The molecule has 136 valence electrons. The van der Waals surface area contributed by atoms with Gasteiger partial charge < -0.3 is 4.57 Å². The molecule has 1 aromatic carbocycles. The summed E-state index contributed by atoms with van der Waals surface area (Å²) in [6.45, 7) is 1.91. The van der Waals surface area contributed by atoms with Crippen LogP contribution >= 0.6 is 11.3 Å². The molecule has 0 aliphatic heterocycles.